The molecule has 0 saturated heterocycles. The van der Waals surface area contributed by atoms with E-state index < -0.39 is 5.60 Å². The molecule has 0 aliphatic heterocycles. The molecule has 0 aromatic heterocycles. The van der Waals surface area contributed by atoms with Crippen molar-refractivity contribution >= 4 is 23.5 Å². The van der Waals surface area contributed by atoms with Gasteiger partial charge in [0.1, 0.15) is 11.4 Å². The first-order valence-electron chi connectivity index (χ1n) is 6.28. The number of esters is 1. The van der Waals surface area contributed by atoms with Gasteiger partial charge < -0.3 is 9.47 Å². The summed E-state index contributed by atoms with van der Waals surface area (Å²) >= 11 is 1.26. The molecule has 0 bridgehead atoms. The number of hydrogen-bond acceptors (Lipinski definition) is 5. The van der Waals surface area contributed by atoms with E-state index in [1.807, 2.05) is 20.8 Å². The normalized spacial score (nSPS) is 11.0. The van der Waals surface area contributed by atoms with E-state index in [2.05, 4.69) is 0 Å². The molecular weight excluding hydrogens is 276 g/mol. The topological polar surface area (TPSA) is 52.6 Å². The van der Waals surface area contributed by atoms with Crippen molar-refractivity contribution in [3.05, 3.63) is 29.8 Å². The fourth-order valence-corrected chi connectivity index (χ4v) is 2.14. The molecule has 0 heterocycles. The Balaban J connectivity index is 2.38. The number of methoxy groups -OCH3 is 1. The quantitative estimate of drug-likeness (QED) is 0.597. The van der Waals surface area contributed by atoms with Crippen LogP contribution in [0.15, 0.2) is 24.3 Å². The molecule has 0 aliphatic rings. The summed E-state index contributed by atoms with van der Waals surface area (Å²) in [6.07, 6.45) is 0. The predicted octanol–water partition coefficient (Wildman–Crippen LogP) is 2.95. The monoisotopic (exact) mass is 296 g/mol. The number of rotatable bonds is 6. The lowest BCUT2D eigenvalue weighted by Gasteiger charge is -2.19. The average Bonchev–Trinajstić information content (AvgIpc) is 2.36. The first-order chi connectivity index (χ1) is 9.31. The smallest absolute Gasteiger partial charge is 0.316 e. The van der Waals surface area contributed by atoms with Crippen molar-refractivity contribution in [3.8, 4) is 5.75 Å². The summed E-state index contributed by atoms with van der Waals surface area (Å²) < 4.78 is 10.2. The van der Waals surface area contributed by atoms with E-state index in [0.29, 0.717) is 11.3 Å². The van der Waals surface area contributed by atoms with E-state index >= 15 is 0 Å². The summed E-state index contributed by atoms with van der Waals surface area (Å²) in [5.74, 6) is 0.833. The van der Waals surface area contributed by atoms with Gasteiger partial charge in [-0.2, -0.15) is 0 Å². The highest BCUT2D eigenvalue weighted by Crippen LogP contribution is 2.14. The predicted molar refractivity (Wildman–Crippen MR) is 80.5 cm³/mol. The Hall–Kier alpha value is -1.49. The van der Waals surface area contributed by atoms with E-state index in [4.69, 9.17) is 9.47 Å². The van der Waals surface area contributed by atoms with Crippen LogP contribution in [0.5, 0.6) is 5.75 Å². The van der Waals surface area contributed by atoms with Crippen molar-refractivity contribution in [1.29, 1.82) is 0 Å². The van der Waals surface area contributed by atoms with E-state index in [0.717, 1.165) is 0 Å². The van der Waals surface area contributed by atoms with Gasteiger partial charge in [-0.25, -0.2) is 0 Å². The molecule has 5 heteroatoms. The summed E-state index contributed by atoms with van der Waals surface area (Å²) in [6.45, 7) is 5.45. The lowest BCUT2D eigenvalue weighted by Crippen LogP contribution is -2.25. The van der Waals surface area contributed by atoms with Crippen molar-refractivity contribution in [1.82, 2.24) is 0 Å². The number of benzene rings is 1. The molecule has 0 radical (unpaired) electrons. The number of Topliss-reactive ketones (excluding diaryl/α,β-unsaturated/α-hetero) is 1. The number of thioether (sulfide) groups is 1. The molecule has 1 aromatic rings. The van der Waals surface area contributed by atoms with Crippen molar-refractivity contribution < 1.29 is 19.1 Å². The molecule has 0 saturated carbocycles. The minimum Gasteiger partial charge on any atom is -0.497 e. The number of ketones is 1. The Kier molecular flexibility index (Phi) is 6.07. The average molecular weight is 296 g/mol. The van der Waals surface area contributed by atoms with Crippen LogP contribution in [0, 0.1) is 0 Å². The summed E-state index contributed by atoms with van der Waals surface area (Å²) in [6, 6.07) is 6.92. The number of hydrogen-bond donors (Lipinski definition) is 0. The van der Waals surface area contributed by atoms with Crippen LogP contribution in [0.25, 0.3) is 0 Å². The zero-order valence-corrected chi connectivity index (χ0v) is 13.1. The first kappa shape index (κ1) is 16.6. The lowest BCUT2D eigenvalue weighted by molar-refractivity contribution is -0.151. The number of ether oxygens (including phenoxy) is 2. The Morgan fingerprint density at radius 1 is 1.10 bits per heavy atom. The molecule has 0 atom stereocenters. The molecule has 0 unspecified atom stereocenters. The van der Waals surface area contributed by atoms with E-state index in [1.165, 1.54) is 11.8 Å². The number of carbonyl (C=O) groups excluding carboxylic acids is 2. The fourth-order valence-electron chi connectivity index (χ4n) is 1.46. The van der Waals surface area contributed by atoms with Gasteiger partial charge in [0.15, 0.2) is 5.78 Å². The maximum absolute atomic E-state index is 11.9. The van der Waals surface area contributed by atoms with Crippen LogP contribution < -0.4 is 4.74 Å². The van der Waals surface area contributed by atoms with Crippen LogP contribution in [0.1, 0.15) is 31.1 Å². The second kappa shape index (κ2) is 7.33. The van der Waals surface area contributed by atoms with Gasteiger partial charge in [-0.3, -0.25) is 9.59 Å². The second-order valence-corrected chi connectivity index (χ2v) is 6.22. The third kappa shape index (κ3) is 6.10. The van der Waals surface area contributed by atoms with E-state index in [-0.39, 0.29) is 23.3 Å². The van der Waals surface area contributed by atoms with Crippen LogP contribution in [0.2, 0.25) is 0 Å². The van der Waals surface area contributed by atoms with Gasteiger partial charge in [0.05, 0.1) is 18.6 Å². The molecule has 0 N–H and O–H groups in total. The minimum absolute atomic E-state index is 0.0128. The molecule has 4 nitrogen and oxygen atoms in total. The Morgan fingerprint density at radius 2 is 1.70 bits per heavy atom. The largest absolute Gasteiger partial charge is 0.497 e. The van der Waals surface area contributed by atoms with Gasteiger partial charge in [0, 0.05) is 5.56 Å². The minimum atomic E-state index is -0.488. The Morgan fingerprint density at radius 3 is 2.20 bits per heavy atom. The third-order valence-corrected chi connectivity index (χ3v) is 3.19. The van der Waals surface area contributed by atoms with Gasteiger partial charge in [-0.05, 0) is 45.0 Å². The fraction of sp³-hybridized carbons (Fsp3) is 0.467. The standard InChI is InChI=1S/C15H20O4S/c1-15(2,3)19-14(17)10-20-9-13(16)11-5-7-12(18-4)8-6-11/h5-8H,9-10H2,1-4H3. The van der Waals surface area contributed by atoms with Crippen LogP contribution in [-0.4, -0.2) is 36.0 Å². The van der Waals surface area contributed by atoms with Crippen LogP contribution >= 0.6 is 11.8 Å². The first-order valence-corrected chi connectivity index (χ1v) is 7.44. The highest BCUT2D eigenvalue weighted by atomic mass is 32.2. The molecule has 110 valence electrons. The molecule has 0 aliphatic carbocycles. The molecule has 0 spiro atoms. The van der Waals surface area contributed by atoms with Crippen LogP contribution in [0.4, 0.5) is 0 Å². The highest BCUT2D eigenvalue weighted by Gasteiger charge is 2.16. The Labute approximate surface area is 123 Å². The van der Waals surface area contributed by atoms with Gasteiger partial charge in [-0.15, -0.1) is 11.8 Å². The molecule has 20 heavy (non-hydrogen) atoms. The SMILES string of the molecule is COc1ccc(C(=O)CSCC(=O)OC(C)(C)C)cc1. The molecule has 1 aromatic carbocycles. The summed E-state index contributed by atoms with van der Waals surface area (Å²) in [5, 5.41) is 0. The maximum atomic E-state index is 11.9. The highest BCUT2D eigenvalue weighted by molar-refractivity contribution is 8.00. The van der Waals surface area contributed by atoms with E-state index in [9.17, 15) is 9.59 Å². The zero-order chi connectivity index (χ0) is 15.2. The van der Waals surface area contributed by atoms with Crippen molar-refractivity contribution in [3.63, 3.8) is 0 Å². The maximum Gasteiger partial charge on any atom is 0.316 e. The van der Waals surface area contributed by atoms with Crippen molar-refractivity contribution in [2.24, 2.45) is 0 Å². The summed E-state index contributed by atoms with van der Waals surface area (Å²) in [4.78, 5) is 23.4. The van der Waals surface area contributed by atoms with Crippen LogP contribution in [-0.2, 0) is 9.53 Å². The van der Waals surface area contributed by atoms with Gasteiger partial charge in [0.25, 0.3) is 0 Å². The third-order valence-electron chi connectivity index (χ3n) is 2.29. The molecule has 0 fully saturated rings. The summed E-state index contributed by atoms with van der Waals surface area (Å²) in [5.41, 5.74) is 0.125. The van der Waals surface area contributed by atoms with Gasteiger partial charge in [0.2, 0.25) is 0 Å². The van der Waals surface area contributed by atoms with Gasteiger partial charge >= 0.3 is 5.97 Å². The summed E-state index contributed by atoms with van der Waals surface area (Å²) in [7, 11) is 1.58. The van der Waals surface area contributed by atoms with E-state index in [1.54, 1.807) is 31.4 Å². The molecule has 0 amide bonds. The van der Waals surface area contributed by atoms with Crippen LogP contribution in [0.3, 0.4) is 0 Å². The number of carbonyl (C=O) groups is 2. The van der Waals surface area contributed by atoms with Crippen molar-refractivity contribution in [2.75, 3.05) is 18.6 Å². The zero-order valence-electron chi connectivity index (χ0n) is 12.3. The van der Waals surface area contributed by atoms with Gasteiger partial charge in [-0.1, -0.05) is 0 Å². The molecule has 1 rings (SSSR count). The Bertz CT molecular complexity index is 460. The lowest BCUT2D eigenvalue weighted by atomic mass is 10.1. The second-order valence-electron chi connectivity index (χ2n) is 5.23. The molecular formula is C15H20O4S. The van der Waals surface area contributed by atoms with Crippen molar-refractivity contribution in [2.45, 2.75) is 26.4 Å².